The molecule has 0 radical (unpaired) electrons. The largest absolute Gasteiger partial charge is 0.455 e. The SMILES string of the molecule is Cc1nn(C)c2sc(C(=O)OCc3cc(=O)n4cc(Cl)ccc4n3)cc12. The van der Waals surface area contributed by atoms with Gasteiger partial charge in [0.25, 0.3) is 5.56 Å². The smallest absolute Gasteiger partial charge is 0.348 e. The molecule has 0 unspecified atom stereocenters. The van der Waals surface area contributed by atoms with Crippen LogP contribution in [0.25, 0.3) is 15.9 Å². The second kappa shape index (κ2) is 6.22. The van der Waals surface area contributed by atoms with Crippen LogP contribution in [0.3, 0.4) is 0 Å². The molecule has 7 nitrogen and oxygen atoms in total. The number of carbonyl (C=O) groups is 1. The second-order valence-electron chi connectivity index (χ2n) is 5.78. The van der Waals surface area contributed by atoms with E-state index in [0.717, 1.165) is 15.9 Å². The Morgan fingerprint density at radius 3 is 2.92 bits per heavy atom. The fourth-order valence-corrected chi connectivity index (χ4v) is 3.89. The zero-order valence-electron chi connectivity index (χ0n) is 13.9. The number of esters is 1. The minimum atomic E-state index is -0.455. The van der Waals surface area contributed by atoms with Gasteiger partial charge < -0.3 is 4.74 Å². The first-order valence-corrected chi connectivity index (χ1v) is 8.90. The van der Waals surface area contributed by atoms with Gasteiger partial charge in [0.05, 0.1) is 16.4 Å². The molecule has 0 atom stereocenters. The van der Waals surface area contributed by atoms with Crippen LogP contribution in [0.1, 0.15) is 21.1 Å². The first-order valence-electron chi connectivity index (χ1n) is 7.70. The third kappa shape index (κ3) is 2.87. The van der Waals surface area contributed by atoms with Crippen LogP contribution >= 0.6 is 22.9 Å². The van der Waals surface area contributed by atoms with Crippen LogP contribution in [0.2, 0.25) is 5.02 Å². The number of pyridine rings is 1. The molecule has 0 amide bonds. The highest BCUT2D eigenvalue weighted by Crippen LogP contribution is 2.28. The van der Waals surface area contributed by atoms with Gasteiger partial charge in [-0.2, -0.15) is 5.10 Å². The van der Waals surface area contributed by atoms with Crippen LogP contribution in [0.15, 0.2) is 35.3 Å². The highest BCUT2D eigenvalue weighted by Gasteiger charge is 2.16. The molecule has 9 heteroatoms. The van der Waals surface area contributed by atoms with Gasteiger partial charge in [0.2, 0.25) is 0 Å². The van der Waals surface area contributed by atoms with Crippen LogP contribution < -0.4 is 5.56 Å². The van der Waals surface area contributed by atoms with E-state index in [1.54, 1.807) is 22.9 Å². The number of hydrogen-bond acceptors (Lipinski definition) is 6. The predicted octanol–water partition coefficient (Wildman–Crippen LogP) is 2.96. The average Bonchev–Trinajstić information content (AvgIpc) is 3.15. The number of nitrogens with zero attached hydrogens (tertiary/aromatic N) is 4. The third-order valence-electron chi connectivity index (χ3n) is 3.93. The monoisotopic (exact) mass is 388 g/mol. The average molecular weight is 389 g/mol. The van der Waals surface area contributed by atoms with Gasteiger partial charge in [-0.1, -0.05) is 11.6 Å². The van der Waals surface area contributed by atoms with E-state index in [2.05, 4.69) is 10.1 Å². The van der Waals surface area contributed by atoms with Crippen LogP contribution in [-0.4, -0.2) is 25.1 Å². The van der Waals surface area contributed by atoms with Crippen molar-refractivity contribution < 1.29 is 9.53 Å². The van der Waals surface area contributed by atoms with Gasteiger partial charge in [0.15, 0.2) is 0 Å². The molecule has 4 aromatic rings. The number of carbonyl (C=O) groups excluding carboxylic acids is 1. The molecule has 4 heterocycles. The van der Waals surface area contributed by atoms with Crippen molar-refractivity contribution in [1.29, 1.82) is 0 Å². The predicted molar refractivity (Wildman–Crippen MR) is 98.9 cm³/mol. The zero-order valence-corrected chi connectivity index (χ0v) is 15.5. The van der Waals surface area contributed by atoms with Crippen molar-refractivity contribution in [3.8, 4) is 0 Å². The molecule has 0 N–H and O–H groups in total. The van der Waals surface area contributed by atoms with Gasteiger partial charge in [-0.15, -0.1) is 11.3 Å². The highest BCUT2D eigenvalue weighted by molar-refractivity contribution is 7.20. The van der Waals surface area contributed by atoms with Gasteiger partial charge in [-0.25, -0.2) is 9.78 Å². The fraction of sp³-hybridized carbons (Fsp3) is 0.176. The molecule has 0 aliphatic rings. The molecule has 0 bridgehead atoms. The fourth-order valence-electron chi connectivity index (χ4n) is 2.72. The van der Waals surface area contributed by atoms with Crippen molar-refractivity contribution in [2.24, 2.45) is 7.05 Å². The molecule has 0 saturated carbocycles. The van der Waals surface area contributed by atoms with Crippen molar-refractivity contribution in [1.82, 2.24) is 19.2 Å². The molecular formula is C17H13ClN4O3S. The molecular weight excluding hydrogens is 376 g/mol. The number of thiophene rings is 1. The van der Waals surface area contributed by atoms with E-state index in [1.807, 2.05) is 14.0 Å². The Hall–Kier alpha value is -2.71. The number of aromatic nitrogens is 4. The minimum absolute atomic E-state index is 0.0846. The third-order valence-corrected chi connectivity index (χ3v) is 5.33. The van der Waals surface area contributed by atoms with E-state index in [-0.39, 0.29) is 12.2 Å². The number of halogens is 1. The Bertz CT molecular complexity index is 1190. The molecule has 26 heavy (non-hydrogen) atoms. The lowest BCUT2D eigenvalue weighted by Gasteiger charge is -2.05. The zero-order chi connectivity index (χ0) is 18.4. The molecule has 0 spiro atoms. The lowest BCUT2D eigenvalue weighted by Crippen LogP contribution is -2.16. The lowest BCUT2D eigenvalue weighted by molar-refractivity contribution is 0.0473. The first-order chi connectivity index (χ1) is 12.4. The summed E-state index contributed by atoms with van der Waals surface area (Å²) in [5, 5.41) is 5.68. The van der Waals surface area contributed by atoms with Gasteiger partial charge in [0, 0.05) is 24.7 Å². The Kier molecular flexibility index (Phi) is 4.01. The Labute approximate surface area is 156 Å². The summed E-state index contributed by atoms with van der Waals surface area (Å²) in [6.45, 7) is 1.81. The van der Waals surface area contributed by atoms with Gasteiger partial charge in [-0.05, 0) is 25.1 Å². The summed E-state index contributed by atoms with van der Waals surface area (Å²) < 4.78 is 8.41. The maximum Gasteiger partial charge on any atom is 0.348 e. The van der Waals surface area contributed by atoms with E-state index in [1.165, 1.54) is 28.0 Å². The van der Waals surface area contributed by atoms with E-state index >= 15 is 0 Å². The normalized spacial score (nSPS) is 11.3. The summed E-state index contributed by atoms with van der Waals surface area (Å²) in [5.41, 5.74) is 1.40. The van der Waals surface area contributed by atoms with E-state index in [0.29, 0.717) is 21.2 Å². The first kappa shape index (κ1) is 16.7. The Morgan fingerprint density at radius 1 is 1.35 bits per heavy atom. The van der Waals surface area contributed by atoms with Crippen molar-refractivity contribution in [2.75, 3.05) is 0 Å². The second-order valence-corrected chi connectivity index (χ2v) is 7.24. The summed E-state index contributed by atoms with van der Waals surface area (Å²) >= 11 is 7.21. The summed E-state index contributed by atoms with van der Waals surface area (Å²) in [6, 6.07) is 6.38. The van der Waals surface area contributed by atoms with Crippen molar-refractivity contribution in [3.63, 3.8) is 0 Å². The molecule has 132 valence electrons. The van der Waals surface area contributed by atoms with Crippen molar-refractivity contribution in [3.05, 3.63) is 62.1 Å². The standard InChI is InChI=1S/C17H13ClN4O3S/c1-9-12-6-13(26-16(12)21(2)20-9)17(24)25-8-11-5-15(23)22-7-10(18)3-4-14(22)19-11/h3-7H,8H2,1-2H3. The quantitative estimate of drug-likeness (QED) is 0.504. The molecule has 0 fully saturated rings. The number of aryl methyl sites for hydroxylation is 2. The van der Waals surface area contributed by atoms with E-state index < -0.39 is 5.97 Å². The van der Waals surface area contributed by atoms with E-state index in [4.69, 9.17) is 16.3 Å². The lowest BCUT2D eigenvalue weighted by atomic mass is 10.3. The summed E-state index contributed by atoms with van der Waals surface area (Å²) in [5.74, 6) is -0.455. The molecule has 0 saturated heterocycles. The number of hydrogen-bond donors (Lipinski definition) is 0. The van der Waals surface area contributed by atoms with Gasteiger partial charge in [-0.3, -0.25) is 13.9 Å². The number of rotatable bonds is 3. The van der Waals surface area contributed by atoms with Gasteiger partial charge >= 0.3 is 5.97 Å². The highest BCUT2D eigenvalue weighted by atomic mass is 35.5. The number of fused-ring (bicyclic) bond motifs is 2. The topological polar surface area (TPSA) is 78.5 Å². The molecule has 0 aromatic carbocycles. The Morgan fingerprint density at radius 2 is 2.15 bits per heavy atom. The molecule has 0 aliphatic carbocycles. The molecule has 0 aliphatic heterocycles. The van der Waals surface area contributed by atoms with Crippen LogP contribution in [0.5, 0.6) is 0 Å². The van der Waals surface area contributed by atoms with Crippen LogP contribution in [0.4, 0.5) is 0 Å². The van der Waals surface area contributed by atoms with Crippen LogP contribution in [0, 0.1) is 6.92 Å². The van der Waals surface area contributed by atoms with Crippen molar-refractivity contribution in [2.45, 2.75) is 13.5 Å². The maximum absolute atomic E-state index is 12.3. The van der Waals surface area contributed by atoms with Crippen LogP contribution in [-0.2, 0) is 18.4 Å². The molecule has 4 rings (SSSR count). The minimum Gasteiger partial charge on any atom is -0.455 e. The van der Waals surface area contributed by atoms with E-state index in [9.17, 15) is 9.59 Å². The summed E-state index contributed by atoms with van der Waals surface area (Å²) in [6.07, 6.45) is 1.50. The Balaban J connectivity index is 1.57. The summed E-state index contributed by atoms with van der Waals surface area (Å²) in [4.78, 5) is 30.2. The van der Waals surface area contributed by atoms with Gasteiger partial charge in [0.1, 0.15) is 22.0 Å². The maximum atomic E-state index is 12.3. The van der Waals surface area contributed by atoms with Crippen molar-refractivity contribution >= 4 is 44.8 Å². The molecule has 4 aromatic heterocycles. The summed E-state index contributed by atoms with van der Waals surface area (Å²) in [7, 11) is 1.83. The number of ether oxygens (including phenoxy) is 1.